The highest BCUT2D eigenvalue weighted by Gasteiger charge is 2.19. The molecule has 0 bridgehead atoms. The summed E-state index contributed by atoms with van der Waals surface area (Å²) in [6, 6.07) is 9.07. The highest BCUT2D eigenvalue weighted by Crippen LogP contribution is 2.35. The summed E-state index contributed by atoms with van der Waals surface area (Å²) in [6.07, 6.45) is 0. The molecule has 1 atom stereocenters. The first kappa shape index (κ1) is 15.5. The molecular formula is C15H17BrINS. The molecule has 0 amide bonds. The molecule has 1 aromatic carbocycles. The lowest BCUT2D eigenvalue weighted by molar-refractivity contribution is 0.636. The summed E-state index contributed by atoms with van der Waals surface area (Å²) in [5.74, 6) is 0. The number of benzene rings is 1. The van der Waals surface area contributed by atoms with E-state index in [1.807, 2.05) is 11.3 Å². The second-order valence-corrected chi connectivity index (χ2v) is 7.74. The Morgan fingerprint density at radius 3 is 2.68 bits per heavy atom. The molecule has 1 unspecified atom stereocenters. The van der Waals surface area contributed by atoms with Crippen molar-refractivity contribution in [2.75, 3.05) is 6.54 Å². The van der Waals surface area contributed by atoms with Crippen LogP contribution in [0.3, 0.4) is 0 Å². The zero-order valence-electron chi connectivity index (χ0n) is 11.3. The van der Waals surface area contributed by atoms with Gasteiger partial charge in [-0.05, 0) is 76.1 Å². The largest absolute Gasteiger partial charge is 0.306 e. The Hall–Kier alpha value is 0.0900. The summed E-state index contributed by atoms with van der Waals surface area (Å²) in [6.45, 7) is 7.45. The predicted octanol–water partition coefficient (Wildman–Crippen LogP) is 5.43. The zero-order valence-corrected chi connectivity index (χ0v) is 15.8. The molecule has 0 saturated carbocycles. The monoisotopic (exact) mass is 449 g/mol. The first-order valence-electron chi connectivity index (χ1n) is 6.28. The van der Waals surface area contributed by atoms with Gasteiger partial charge in [0, 0.05) is 17.8 Å². The molecule has 0 aliphatic carbocycles. The number of aryl methyl sites for hydroxylation is 2. The Morgan fingerprint density at radius 2 is 2.11 bits per heavy atom. The van der Waals surface area contributed by atoms with Crippen LogP contribution in [-0.2, 0) is 0 Å². The molecule has 1 nitrogen and oxygen atoms in total. The Balaban J connectivity index is 2.48. The number of nitrogens with one attached hydrogen (secondary N) is 1. The van der Waals surface area contributed by atoms with Crippen LogP contribution >= 0.6 is 49.9 Å². The van der Waals surface area contributed by atoms with Gasteiger partial charge in [0.15, 0.2) is 0 Å². The Bertz CT molecular complexity index is 560. The Morgan fingerprint density at radius 1 is 1.37 bits per heavy atom. The molecule has 0 spiro atoms. The molecule has 1 heterocycles. The predicted molar refractivity (Wildman–Crippen MR) is 96.2 cm³/mol. The molecule has 1 aromatic heterocycles. The molecule has 0 radical (unpaired) electrons. The van der Waals surface area contributed by atoms with E-state index in [2.05, 4.69) is 88.9 Å². The SMILES string of the molecule is CCNC(c1cc(Br)c(C)s1)c1cccc(C)c1I. The van der Waals surface area contributed by atoms with E-state index < -0.39 is 0 Å². The van der Waals surface area contributed by atoms with Gasteiger partial charge in [0.1, 0.15) is 0 Å². The number of thiophene rings is 1. The van der Waals surface area contributed by atoms with Crippen molar-refractivity contribution < 1.29 is 0 Å². The fourth-order valence-electron chi connectivity index (χ4n) is 2.08. The van der Waals surface area contributed by atoms with Gasteiger partial charge in [0.25, 0.3) is 0 Å². The van der Waals surface area contributed by atoms with Gasteiger partial charge in [-0.1, -0.05) is 25.1 Å². The van der Waals surface area contributed by atoms with E-state index >= 15 is 0 Å². The average Bonchev–Trinajstić information content (AvgIpc) is 2.70. The van der Waals surface area contributed by atoms with Gasteiger partial charge in [0.05, 0.1) is 6.04 Å². The molecule has 102 valence electrons. The van der Waals surface area contributed by atoms with Gasteiger partial charge in [-0.25, -0.2) is 0 Å². The molecule has 2 rings (SSSR count). The maximum atomic E-state index is 3.62. The van der Waals surface area contributed by atoms with Crippen molar-refractivity contribution in [2.45, 2.75) is 26.8 Å². The fraction of sp³-hybridized carbons (Fsp3) is 0.333. The van der Waals surface area contributed by atoms with E-state index in [0.717, 1.165) is 6.54 Å². The minimum atomic E-state index is 0.284. The summed E-state index contributed by atoms with van der Waals surface area (Å²) in [7, 11) is 0. The van der Waals surface area contributed by atoms with E-state index in [9.17, 15) is 0 Å². The zero-order chi connectivity index (χ0) is 14.0. The van der Waals surface area contributed by atoms with Crippen molar-refractivity contribution in [3.05, 3.63) is 53.2 Å². The maximum Gasteiger partial charge on any atom is 0.0681 e. The molecule has 0 aliphatic heterocycles. The third-order valence-corrected chi connectivity index (χ3v) is 6.78. The smallest absolute Gasteiger partial charge is 0.0681 e. The standard InChI is InChI=1S/C15H17BrINS/c1-4-18-15(13-8-12(16)10(3)19-13)11-7-5-6-9(2)14(11)17/h5-8,15,18H,4H2,1-3H3. The highest BCUT2D eigenvalue weighted by molar-refractivity contribution is 14.1. The van der Waals surface area contributed by atoms with Crippen molar-refractivity contribution >= 4 is 49.9 Å². The van der Waals surface area contributed by atoms with Crippen LogP contribution in [0.5, 0.6) is 0 Å². The maximum absolute atomic E-state index is 3.62. The molecule has 0 fully saturated rings. The van der Waals surface area contributed by atoms with Crippen LogP contribution in [0.2, 0.25) is 0 Å². The normalized spacial score (nSPS) is 12.7. The molecule has 1 N–H and O–H groups in total. The van der Waals surface area contributed by atoms with E-state index in [1.54, 1.807) is 0 Å². The third kappa shape index (κ3) is 3.40. The van der Waals surface area contributed by atoms with Crippen LogP contribution in [0, 0.1) is 17.4 Å². The van der Waals surface area contributed by atoms with Crippen LogP contribution < -0.4 is 5.32 Å². The van der Waals surface area contributed by atoms with E-state index in [4.69, 9.17) is 0 Å². The van der Waals surface area contributed by atoms with Crippen molar-refractivity contribution in [3.8, 4) is 0 Å². The number of rotatable bonds is 4. The first-order chi connectivity index (χ1) is 9.04. The average molecular weight is 450 g/mol. The molecule has 2 aromatic rings. The van der Waals surface area contributed by atoms with Crippen molar-refractivity contribution in [2.24, 2.45) is 0 Å². The van der Waals surface area contributed by atoms with Crippen LogP contribution in [0.4, 0.5) is 0 Å². The number of hydrogen-bond donors (Lipinski definition) is 1. The summed E-state index contributed by atoms with van der Waals surface area (Å²) in [5.41, 5.74) is 2.71. The van der Waals surface area contributed by atoms with Crippen LogP contribution in [0.1, 0.15) is 33.8 Å². The van der Waals surface area contributed by atoms with Gasteiger partial charge >= 0.3 is 0 Å². The van der Waals surface area contributed by atoms with Crippen molar-refractivity contribution in [1.82, 2.24) is 5.32 Å². The van der Waals surface area contributed by atoms with Gasteiger partial charge in [-0.15, -0.1) is 11.3 Å². The molecule has 4 heteroatoms. The lowest BCUT2D eigenvalue weighted by atomic mass is 10.0. The summed E-state index contributed by atoms with van der Waals surface area (Å²) in [5, 5.41) is 3.61. The van der Waals surface area contributed by atoms with Gasteiger partial charge < -0.3 is 5.32 Å². The third-order valence-electron chi connectivity index (χ3n) is 3.10. The lowest BCUT2D eigenvalue weighted by Gasteiger charge is -2.19. The van der Waals surface area contributed by atoms with Crippen LogP contribution in [0.25, 0.3) is 0 Å². The molecule has 0 aliphatic rings. The second kappa shape index (κ2) is 6.70. The van der Waals surface area contributed by atoms with Crippen LogP contribution in [0.15, 0.2) is 28.7 Å². The quantitative estimate of drug-likeness (QED) is 0.613. The fourth-order valence-corrected chi connectivity index (χ4v) is 4.41. The van der Waals surface area contributed by atoms with E-state index in [-0.39, 0.29) is 6.04 Å². The first-order valence-corrected chi connectivity index (χ1v) is 8.97. The van der Waals surface area contributed by atoms with Gasteiger partial charge in [-0.3, -0.25) is 0 Å². The highest BCUT2D eigenvalue weighted by atomic mass is 127. The molecule has 0 saturated heterocycles. The minimum absolute atomic E-state index is 0.284. The summed E-state index contributed by atoms with van der Waals surface area (Å²) in [4.78, 5) is 2.70. The minimum Gasteiger partial charge on any atom is -0.306 e. The van der Waals surface area contributed by atoms with Crippen LogP contribution in [-0.4, -0.2) is 6.54 Å². The van der Waals surface area contributed by atoms with E-state index in [1.165, 1.54) is 28.9 Å². The summed E-state index contributed by atoms with van der Waals surface area (Å²) >= 11 is 7.94. The topological polar surface area (TPSA) is 12.0 Å². The summed E-state index contributed by atoms with van der Waals surface area (Å²) < 4.78 is 2.56. The van der Waals surface area contributed by atoms with Gasteiger partial charge in [-0.2, -0.15) is 0 Å². The van der Waals surface area contributed by atoms with E-state index in [0.29, 0.717) is 0 Å². The Labute approximate surface area is 141 Å². The molecular weight excluding hydrogens is 433 g/mol. The lowest BCUT2D eigenvalue weighted by Crippen LogP contribution is -2.22. The van der Waals surface area contributed by atoms with Crippen molar-refractivity contribution in [1.29, 1.82) is 0 Å². The number of hydrogen-bond acceptors (Lipinski definition) is 2. The number of halogens is 2. The second-order valence-electron chi connectivity index (χ2n) is 4.52. The molecule has 19 heavy (non-hydrogen) atoms. The van der Waals surface area contributed by atoms with Gasteiger partial charge in [0.2, 0.25) is 0 Å². The van der Waals surface area contributed by atoms with Crippen molar-refractivity contribution in [3.63, 3.8) is 0 Å². The Kier molecular flexibility index (Phi) is 5.45.